The van der Waals surface area contributed by atoms with Crippen LogP contribution in [0.4, 0.5) is 5.69 Å². The van der Waals surface area contributed by atoms with E-state index in [0.717, 1.165) is 0 Å². The Kier molecular flexibility index (Phi) is 6.34. The molecule has 0 radical (unpaired) electrons. The number of nitrogens with zero attached hydrogens (tertiary/aromatic N) is 2. The average Bonchev–Trinajstić information content (AvgIpc) is 2.63. The number of anilines is 1. The smallest absolute Gasteiger partial charge is 0.340 e. The minimum Gasteiger partial charge on any atom is -0.462 e. The number of nitriles is 1. The molecule has 24 heavy (non-hydrogen) atoms. The first-order valence-corrected chi connectivity index (χ1v) is 7.80. The second-order valence-corrected chi connectivity index (χ2v) is 5.12. The maximum Gasteiger partial charge on any atom is 0.340 e. The van der Waals surface area contributed by atoms with Gasteiger partial charge >= 0.3 is 5.97 Å². The Morgan fingerprint density at radius 3 is 2.75 bits per heavy atom. The van der Waals surface area contributed by atoms with Crippen LogP contribution < -0.4 is 10.6 Å². The van der Waals surface area contributed by atoms with Crippen molar-refractivity contribution in [2.24, 2.45) is 0 Å². The molecular weight excluding hydrogens is 308 g/mol. The van der Waals surface area contributed by atoms with Gasteiger partial charge in [-0.2, -0.15) is 5.26 Å². The highest BCUT2D eigenvalue weighted by atomic mass is 16.5. The molecule has 0 saturated carbocycles. The van der Waals surface area contributed by atoms with Crippen molar-refractivity contribution < 1.29 is 14.3 Å². The summed E-state index contributed by atoms with van der Waals surface area (Å²) in [4.78, 5) is 25.9. The minimum atomic E-state index is -0.457. The van der Waals surface area contributed by atoms with Gasteiger partial charge in [-0.05, 0) is 19.1 Å². The highest BCUT2D eigenvalue weighted by Gasteiger charge is 2.20. The van der Waals surface area contributed by atoms with Crippen LogP contribution in [0.1, 0.15) is 17.3 Å². The van der Waals surface area contributed by atoms with Gasteiger partial charge in [0, 0.05) is 32.4 Å². The van der Waals surface area contributed by atoms with Crippen LogP contribution in [0.5, 0.6) is 0 Å². The largest absolute Gasteiger partial charge is 0.462 e. The van der Waals surface area contributed by atoms with Crippen LogP contribution in [-0.2, 0) is 9.53 Å². The number of piperazine rings is 1. The number of benzene rings is 1. The van der Waals surface area contributed by atoms with Gasteiger partial charge in [-0.3, -0.25) is 4.79 Å². The Balaban J connectivity index is 2.14. The Bertz CT molecular complexity index is 673. The van der Waals surface area contributed by atoms with Crippen LogP contribution in [-0.4, -0.2) is 49.6 Å². The van der Waals surface area contributed by atoms with E-state index in [1.165, 1.54) is 6.20 Å². The van der Waals surface area contributed by atoms with E-state index in [1.807, 2.05) is 6.07 Å². The van der Waals surface area contributed by atoms with E-state index in [2.05, 4.69) is 10.6 Å². The average molecular weight is 328 g/mol. The van der Waals surface area contributed by atoms with Gasteiger partial charge in [0.25, 0.3) is 5.91 Å². The molecule has 0 aromatic heterocycles. The number of ether oxygens (including phenoxy) is 1. The predicted octanol–water partition coefficient (Wildman–Crippen LogP) is 1.11. The van der Waals surface area contributed by atoms with Crippen molar-refractivity contribution in [2.45, 2.75) is 6.92 Å². The molecule has 1 heterocycles. The van der Waals surface area contributed by atoms with Crippen LogP contribution in [0.15, 0.2) is 36.0 Å². The third kappa shape index (κ3) is 4.33. The van der Waals surface area contributed by atoms with Gasteiger partial charge in [-0.1, -0.05) is 12.1 Å². The predicted molar refractivity (Wildman–Crippen MR) is 89.2 cm³/mol. The van der Waals surface area contributed by atoms with Gasteiger partial charge in [0.1, 0.15) is 11.6 Å². The molecule has 0 atom stereocenters. The van der Waals surface area contributed by atoms with Gasteiger partial charge < -0.3 is 20.3 Å². The summed E-state index contributed by atoms with van der Waals surface area (Å²) < 4.78 is 5.00. The Morgan fingerprint density at radius 2 is 2.08 bits per heavy atom. The number of rotatable bonds is 5. The summed E-state index contributed by atoms with van der Waals surface area (Å²) in [5.41, 5.74) is 0.829. The summed E-state index contributed by atoms with van der Waals surface area (Å²) in [6.45, 7) is 4.56. The lowest BCUT2D eigenvalue weighted by atomic mass is 10.1. The first-order chi connectivity index (χ1) is 11.7. The first-order valence-electron chi connectivity index (χ1n) is 7.80. The van der Waals surface area contributed by atoms with E-state index >= 15 is 0 Å². The van der Waals surface area contributed by atoms with E-state index < -0.39 is 5.97 Å². The summed E-state index contributed by atoms with van der Waals surface area (Å²) in [6.07, 6.45) is 1.34. The summed E-state index contributed by atoms with van der Waals surface area (Å²) in [5.74, 6) is -0.777. The molecule has 1 fully saturated rings. The van der Waals surface area contributed by atoms with Gasteiger partial charge in [0.2, 0.25) is 0 Å². The lowest BCUT2D eigenvalue weighted by Crippen LogP contribution is -2.46. The quantitative estimate of drug-likeness (QED) is 0.478. The molecule has 1 amide bonds. The summed E-state index contributed by atoms with van der Waals surface area (Å²) >= 11 is 0. The van der Waals surface area contributed by atoms with Crippen molar-refractivity contribution in [3.63, 3.8) is 0 Å². The number of nitrogens with one attached hydrogen (secondary N) is 2. The van der Waals surface area contributed by atoms with E-state index in [9.17, 15) is 14.9 Å². The van der Waals surface area contributed by atoms with E-state index in [-0.39, 0.29) is 18.1 Å². The lowest BCUT2D eigenvalue weighted by Gasteiger charge is -2.27. The zero-order valence-electron chi connectivity index (χ0n) is 13.5. The SMILES string of the molecule is CCOC(=O)c1ccccc1N/C=C(/C#N)C(=O)N1CCNCC1. The molecule has 0 spiro atoms. The molecule has 1 aliphatic rings. The zero-order chi connectivity index (χ0) is 17.4. The number of para-hydroxylation sites is 1. The molecule has 1 saturated heterocycles. The first kappa shape index (κ1) is 17.5. The fourth-order valence-corrected chi connectivity index (χ4v) is 2.33. The van der Waals surface area contributed by atoms with Crippen molar-refractivity contribution in [1.82, 2.24) is 10.2 Å². The zero-order valence-corrected chi connectivity index (χ0v) is 13.5. The second kappa shape index (κ2) is 8.70. The number of carbonyl (C=O) groups is 2. The van der Waals surface area contributed by atoms with E-state index in [1.54, 1.807) is 36.1 Å². The van der Waals surface area contributed by atoms with Gasteiger partial charge in [-0.15, -0.1) is 0 Å². The van der Waals surface area contributed by atoms with Gasteiger partial charge in [0.15, 0.2) is 0 Å². The second-order valence-electron chi connectivity index (χ2n) is 5.12. The van der Waals surface area contributed by atoms with Crippen molar-refractivity contribution in [3.05, 3.63) is 41.6 Å². The van der Waals surface area contributed by atoms with Crippen LogP contribution in [0.3, 0.4) is 0 Å². The van der Waals surface area contributed by atoms with Crippen molar-refractivity contribution in [2.75, 3.05) is 38.1 Å². The van der Waals surface area contributed by atoms with Crippen LogP contribution in [0, 0.1) is 11.3 Å². The topological polar surface area (TPSA) is 94.5 Å². The van der Waals surface area contributed by atoms with E-state index in [4.69, 9.17) is 4.74 Å². The third-order valence-corrected chi connectivity index (χ3v) is 3.55. The summed E-state index contributed by atoms with van der Waals surface area (Å²) in [7, 11) is 0. The van der Waals surface area contributed by atoms with Crippen molar-refractivity contribution in [3.8, 4) is 6.07 Å². The molecular formula is C17H20N4O3. The van der Waals surface area contributed by atoms with Crippen molar-refractivity contribution in [1.29, 1.82) is 5.26 Å². The minimum absolute atomic E-state index is 0.00411. The number of amides is 1. The normalized spacial score (nSPS) is 14.7. The number of esters is 1. The van der Waals surface area contributed by atoms with Crippen LogP contribution in [0.2, 0.25) is 0 Å². The number of carbonyl (C=O) groups excluding carboxylic acids is 2. The molecule has 7 heteroatoms. The molecule has 0 aliphatic carbocycles. The molecule has 126 valence electrons. The monoisotopic (exact) mass is 328 g/mol. The fourth-order valence-electron chi connectivity index (χ4n) is 2.33. The Morgan fingerprint density at radius 1 is 1.38 bits per heavy atom. The molecule has 2 N–H and O–H groups in total. The Labute approximate surface area is 140 Å². The van der Waals surface area contributed by atoms with Gasteiger partial charge in [0.05, 0.1) is 17.9 Å². The molecule has 2 rings (SSSR count). The van der Waals surface area contributed by atoms with Crippen LogP contribution in [0.25, 0.3) is 0 Å². The molecule has 0 bridgehead atoms. The van der Waals surface area contributed by atoms with Crippen LogP contribution >= 0.6 is 0 Å². The lowest BCUT2D eigenvalue weighted by molar-refractivity contribution is -0.127. The third-order valence-electron chi connectivity index (χ3n) is 3.55. The van der Waals surface area contributed by atoms with Crippen molar-refractivity contribution >= 4 is 17.6 Å². The summed E-state index contributed by atoms with van der Waals surface area (Å²) in [6, 6.07) is 8.70. The molecule has 1 aliphatic heterocycles. The van der Waals surface area contributed by atoms with Gasteiger partial charge in [-0.25, -0.2) is 4.79 Å². The number of hydrogen-bond donors (Lipinski definition) is 2. The molecule has 7 nitrogen and oxygen atoms in total. The van der Waals surface area contributed by atoms with E-state index in [0.29, 0.717) is 37.4 Å². The fraction of sp³-hybridized carbons (Fsp3) is 0.353. The maximum absolute atomic E-state index is 12.3. The highest BCUT2D eigenvalue weighted by Crippen LogP contribution is 2.17. The molecule has 1 aromatic rings. The highest BCUT2D eigenvalue weighted by molar-refractivity contribution is 5.99. The summed E-state index contributed by atoms with van der Waals surface area (Å²) in [5, 5.41) is 15.3. The standard InChI is InChI=1S/C17H20N4O3/c1-2-24-17(23)14-5-3-4-6-15(14)20-12-13(11-18)16(22)21-9-7-19-8-10-21/h3-6,12,19-20H,2,7-10H2,1H3/b13-12-. The molecule has 0 unspecified atom stereocenters. The maximum atomic E-state index is 12.3. The Hall–Kier alpha value is -2.85. The molecule has 1 aromatic carbocycles. The number of hydrogen-bond acceptors (Lipinski definition) is 6.